The zero-order chi connectivity index (χ0) is 21.3. The number of oxime groups is 1. The number of ether oxygens (including phenoxy) is 1. The van der Waals surface area contributed by atoms with Gasteiger partial charge in [0.1, 0.15) is 11.9 Å². The van der Waals surface area contributed by atoms with Gasteiger partial charge < -0.3 is 25.0 Å². The Labute approximate surface area is 171 Å². The molecule has 1 aliphatic rings. The summed E-state index contributed by atoms with van der Waals surface area (Å²) < 4.78 is 11.5. The Morgan fingerprint density at radius 1 is 1.46 bits per heavy atom. The molecule has 8 nitrogen and oxygen atoms in total. The maximum Gasteiger partial charge on any atom is 0.328 e. The summed E-state index contributed by atoms with van der Waals surface area (Å²) in [6.45, 7) is 11.4. The Morgan fingerprint density at radius 3 is 2.61 bits per heavy atom. The van der Waals surface area contributed by atoms with E-state index in [1.165, 1.54) is 13.3 Å². The van der Waals surface area contributed by atoms with Crippen LogP contribution in [0.4, 0.5) is 5.82 Å². The molecule has 0 radical (unpaired) electrons. The molecule has 0 saturated carbocycles. The summed E-state index contributed by atoms with van der Waals surface area (Å²) in [5.74, 6) is -0.0152. The number of pyridine rings is 1. The van der Waals surface area contributed by atoms with Crippen molar-refractivity contribution in [3.05, 3.63) is 22.8 Å². The lowest BCUT2D eigenvalue weighted by Crippen LogP contribution is -2.44. The highest BCUT2D eigenvalue weighted by atomic mass is 35.5. The third-order valence-corrected chi connectivity index (χ3v) is 10.3. The molecule has 1 aliphatic heterocycles. The fraction of sp³-hybridized carbons (Fsp3) is 0.611. The molecule has 0 amide bonds. The van der Waals surface area contributed by atoms with Crippen LogP contribution in [-0.4, -0.2) is 56.1 Å². The molecule has 0 aliphatic carbocycles. The zero-order valence-corrected chi connectivity index (χ0v) is 18.9. The fourth-order valence-electron chi connectivity index (χ4n) is 2.91. The van der Waals surface area contributed by atoms with Crippen molar-refractivity contribution in [3.8, 4) is 0 Å². The van der Waals surface area contributed by atoms with Crippen LogP contribution in [0.15, 0.2) is 17.4 Å². The predicted octanol–water partition coefficient (Wildman–Crippen LogP) is 2.97. The van der Waals surface area contributed by atoms with Crippen LogP contribution in [0.5, 0.6) is 0 Å². The van der Waals surface area contributed by atoms with E-state index < -0.39 is 14.4 Å². The molecule has 1 saturated heterocycles. The van der Waals surface area contributed by atoms with Crippen molar-refractivity contribution in [1.82, 2.24) is 4.98 Å². The second-order valence-electron chi connectivity index (χ2n) is 8.44. The first-order valence-corrected chi connectivity index (χ1v) is 12.4. The van der Waals surface area contributed by atoms with Gasteiger partial charge in [0.25, 0.3) is 0 Å². The molecular formula is C18H29ClN4O4Si. The summed E-state index contributed by atoms with van der Waals surface area (Å²) >= 11 is 6.40. The van der Waals surface area contributed by atoms with Gasteiger partial charge in [0.15, 0.2) is 14.2 Å². The van der Waals surface area contributed by atoms with E-state index in [0.29, 0.717) is 29.4 Å². The summed E-state index contributed by atoms with van der Waals surface area (Å²) in [7, 11) is -0.649. The van der Waals surface area contributed by atoms with Crippen molar-refractivity contribution in [2.24, 2.45) is 10.9 Å². The first kappa shape index (κ1) is 22.4. The van der Waals surface area contributed by atoms with Gasteiger partial charge in [-0.15, -0.1) is 0 Å². The van der Waals surface area contributed by atoms with E-state index in [9.17, 15) is 4.79 Å². The number of aromatic nitrogens is 1. The normalized spacial score (nSPS) is 21.1. The molecule has 2 atom stereocenters. The van der Waals surface area contributed by atoms with E-state index in [-0.39, 0.29) is 22.9 Å². The summed E-state index contributed by atoms with van der Waals surface area (Å²) in [6.07, 6.45) is 1.82. The van der Waals surface area contributed by atoms with Crippen LogP contribution >= 0.6 is 11.6 Å². The number of rotatable bonds is 5. The summed E-state index contributed by atoms with van der Waals surface area (Å²) in [5.41, 5.74) is 5.98. The fourth-order valence-corrected chi connectivity index (χ4v) is 4.54. The smallest absolute Gasteiger partial charge is 0.328 e. The van der Waals surface area contributed by atoms with E-state index in [1.807, 2.05) is 4.90 Å². The van der Waals surface area contributed by atoms with E-state index in [2.05, 4.69) is 44.0 Å². The molecular weight excluding hydrogens is 400 g/mol. The Morgan fingerprint density at radius 2 is 2.11 bits per heavy atom. The number of carbonyl (C=O) groups excluding carboxylic acids is 1. The minimum Gasteiger partial charge on any atom is -0.467 e. The quantitative estimate of drug-likeness (QED) is 0.185. The molecule has 3 N–H and O–H groups in total. The van der Waals surface area contributed by atoms with Crippen LogP contribution in [0.3, 0.4) is 0 Å². The largest absolute Gasteiger partial charge is 0.467 e. The van der Waals surface area contributed by atoms with Crippen LogP contribution in [-0.2, 0) is 14.0 Å². The Bertz CT molecular complexity index is 766. The third-order valence-electron chi connectivity index (χ3n) is 5.50. The van der Waals surface area contributed by atoms with Crippen molar-refractivity contribution in [3.63, 3.8) is 0 Å². The predicted molar refractivity (Wildman–Crippen MR) is 112 cm³/mol. The van der Waals surface area contributed by atoms with Crippen LogP contribution < -0.4 is 10.6 Å². The lowest BCUT2D eigenvalue weighted by atomic mass is 10.2. The number of esters is 1. The first-order valence-electron chi connectivity index (χ1n) is 9.07. The average molecular weight is 429 g/mol. The highest BCUT2D eigenvalue weighted by Gasteiger charge is 2.45. The van der Waals surface area contributed by atoms with Crippen molar-refractivity contribution in [1.29, 1.82) is 0 Å². The summed E-state index contributed by atoms with van der Waals surface area (Å²) in [4.78, 5) is 18.5. The molecule has 1 fully saturated rings. The molecule has 10 heteroatoms. The monoisotopic (exact) mass is 428 g/mol. The molecule has 156 valence electrons. The number of amidine groups is 1. The van der Waals surface area contributed by atoms with Crippen molar-refractivity contribution >= 4 is 37.5 Å². The molecule has 0 spiro atoms. The highest BCUT2D eigenvalue weighted by Crippen LogP contribution is 2.40. The maximum absolute atomic E-state index is 12.4. The molecule has 0 unspecified atom stereocenters. The number of nitrogens with two attached hydrogens (primary N) is 1. The van der Waals surface area contributed by atoms with Crippen LogP contribution in [0, 0.1) is 0 Å². The van der Waals surface area contributed by atoms with Crippen LogP contribution in [0.25, 0.3) is 0 Å². The van der Waals surface area contributed by atoms with Gasteiger partial charge in [-0.3, -0.25) is 0 Å². The topological polar surface area (TPSA) is 110 Å². The zero-order valence-electron chi connectivity index (χ0n) is 17.2. The second-order valence-corrected chi connectivity index (χ2v) is 13.6. The van der Waals surface area contributed by atoms with E-state index in [4.69, 9.17) is 31.7 Å². The van der Waals surface area contributed by atoms with Gasteiger partial charge in [0.2, 0.25) is 0 Å². The van der Waals surface area contributed by atoms with E-state index >= 15 is 0 Å². The third kappa shape index (κ3) is 4.58. The Kier molecular flexibility index (Phi) is 6.62. The first-order chi connectivity index (χ1) is 12.9. The molecule has 1 aromatic rings. The SMILES string of the molecule is COC(=O)[C@@H]1C[C@@H](O[Si](C)(C)C(C)(C)C)CN1c1ncc(C(N)=NO)cc1Cl. The molecule has 1 aromatic heterocycles. The van der Waals surface area contributed by atoms with Gasteiger partial charge in [0, 0.05) is 24.7 Å². The van der Waals surface area contributed by atoms with Gasteiger partial charge in [-0.25, -0.2) is 9.78 Å². The summed E-state index contributed by atoms with van der Waals surface area (Å²) in [5, 5.41) is 12.1. The maximum atomic E-state index is 12.4. The number of hydrogen-bond donors (Lipinski definition) is 2. The highest BCUT2D eigenvalue weighted by molar-refractivity contribution is 6.74. The van der Waals surface area contributed by atoms with Gasteiger partial charge in [-0.2, -0.15) is 0 Å². The van der Waals surface area contributed by atoms with Crippen molar-refractivity contribution < 1.29 is 19.2 Å². The number of methoxy groups -OCH3 is 1. The number of halogens is 1. The molecule has 0 aromatic carbocycles. The van der Waals surface area contributed by atoms with Gasteiger partial charge >= 0.3 is 5.97 Å². The second kappa shape index (κ2) is 8.26. The standard InChI is InChI=1S/C18H29ClN4O4Si/c1-18(2,3)28(5,6)27-12-8-14(17(24)26-4)23(10-12)16-13(19)7-11(9-21-16)15(20)22-25/h7,9,12,14,25H,8,10H2,1-6H3,(H2,20,22)/t12-,14+/m1/s1. The van der Waals surface area contributed by atoms with Crippen LogP contribution in [0.2, 0.25) is 23.2 Å². The molecule has 2 rings (SSSR count). The summed E-state index contributed by atoms with van der Waals surface area (Å²) in [6, 6.07) is 1.01. The number of nitrogens with zero attached hydrogens (tertiary/aromatic N) is 3. The Hall–Kier alpha value is -1.84. The number of anilines is 1. The van der Waals surface area contributed by atoms with Crippen LogP contribution in [0.1, 0.15) is 32.8 Å². The lowest BCUT2D eigenvalue weighted by Gasteiger charge is -2.38. The van der Waals surface area contributed by atoms with Gasteiger partial charge in [0.05, 0.1) is 18.2 Å². The molecule has 0 bridgehead atoms. The molecule has 2 heterocycles. The lowest BCUT2D eigenvalue weighted by molar-refractivity contribution is -0.142. The van der Waals surface area contributed by atoms with E-state index in [1.54, 1.807) is 6.07 Å². The molecule has 28 heavy (non-hydrogen) atoms. The number of carbonyl (C=O) groups is 1. The average Bonchev–Trinajstić information content (AvgIpc) is 3.01. The Balaban J connectivity index is 2.33. The van der Waals surface area contributed by atoms with Crippen molar-refractivity contribution in [2.75, 3.05) is 18.6 Å². The minimum atomic E-state index is -2.01. The van der Waals surface area contributed by atoms with Gasteiger partial charge in [-0.1, -0.05) is 37.5 Å². The van der Waals surface area contributed by atoms with Gasteiger partial charge in [-0.05, 0) is 24.2 Å². The minimum absolute atomic E-state index is 0.0554. The van der Waals surface area contributed by atoms with Crippen molar-refractivity contribution in [2.45, 2.75) is 57.5 Å². The van der Waals surface area contributed by atoms with E-state index in [0.717, 1.165) is 0 Å². The number of hydrogen-bond acceptors (Lipinski definition) is 7.